The van der Waals surface area contributed by atoms with Gasteiger partial charge in [-0.15, -0.1) is 0 Å². The quantitative estimate of drug-likeness (QED) is 0.664. The van der Waals surface area contributed by atoms with Crippen LogP contribution in [0.25, 0.3) is 0 Å². The lowest BCUT2D eigenvalue weighted by atomic mass is 9.90. The van der Waals surface area contributed by atoms with E-state index in [2.05, 4.69) is 0 Å². The summed E-state index contributed by atoms with van der Waals surface area (Å²) in [5.41, 5.74) is 7.15. The van der Waals surface area contributed by atoms with Crippen molar-refractivity contribution >= 4 is 11.6 Å². The van der Waals surface area contributed by atoms with Gasteiger partial charge in [0, 0.05) is 17.2 Å². The van der Waals surface area contributed by atoms with Crippen molar-refractivity contribution in [2.45, 2.75) is 6.92 Å². The highest BCUT2D eigenvalue weighted by molar-refractivity contribution is 6.24. The zero-order valence-corrected chi connectivity index (χ0v) is 7.70. The SMILES string of the molecule is Cc1cccc2c1C(=O)C=C(N)C2=O. The van der Waals surface area contributed by atoms with Gasteiger partial charge in [0.1, 0.15) is 0 Å². The minimum absolute atomic E-state index is 0.0214. The summed E-state index contributed by atoms with van der Waals surface area (Å²) in [6.07, 6.45) is 1.19. The monoisotopic (exact) mass is 187 g/mol. The van der Waals surface area contributed by atoms with E-state index in [0.29, 0.717) is 11.1 Å². The predicted octanol–water partition coefficient (Wildman–Crippen LogP) is 1.22. The normalized spacial score (nSPS) is 15.1. The number of aryl methyl sites for hydroxylation is 1. The Morgan fingerprint density at radius 3 is 2.64 bits per heavy atom. The lowest BCUT2D eigenvalue weighted by Crippen LogP contribution is -2.22. The van der Waals surface area contributed by atoms with E-state index in [1.54, 1.807) is 25.1 Å². The van der Waals surface area contributed by atoms with Crippen molar-refractivity contribution in [2.75, 3.05) is 0 Å². The molecular formula is C11H9NO2. The minimum atomic E-state index is -0.261. The molecule has 0 heterocycles. The van der Waals surface area contributed by atoms with Gasteiger partial charge in [0.25, 0.3) is 0 Å². The van der Waals surface area contributed by atoms with E-state index in [-0.39, 0.29) is 17.3 Å². The number of rotatable bonds is 0. The molecule has 0 unspecified atom stereocenters. The Morgan fingerprint density at radius 2 is 1.93 bits per heavy atom. The molecule has 0 saturated carbocycles. The smallest absolute Gasteiger partial charge is 0.209 e. The summed E-state index contributed by atoms with van der Waals surface area (Å²) in [5, 5.41) is 0. The number of nitrogens with two attached hydrogens (primary N) is 1. The van der Waals surface area contributed by atoms with Crippen LogP contribution in [0.15, 0.2) is 30.0 Å². The van der Waals surface area contributed by atoms with Crippen molar-refractivity contribution in [1.29, 1.82) is 0 Å². The maximum Gasteiger partial charge on any atom is 0.209 e. The summed E-state index contributed by atoms with van der Waals surface area (Å²) in [4.78, 5) is 23.1. The molecule has 0 aliphatic heterocycles. The van der Waals surface area contributed by atoms with Crippen molar-refractivity contribution in [3.8, 4) is 0 Å². The van der Waals surface area contributed by atoms with Crippen LogP contribution in [0.3, 0.4) is 0 Å². The highest BCUT2D eigenvalue weighted by Crippen LogP contribution is 2.21. The Bertz CT molecular complexity index is 472. The highest BCUT2D eigenvalue weighted by atomic mass is 16.1. The molecule has 1 aromatic rings. The molecular weight excluding hydrogens is 178 g/mol. The molecule has 2 N–H and O–H groups in total. The summed E-state index contributed by atoms with van der Waals surface area (Å²) in [6.45, 7) is 1.80. The fourth-order valence-electron chi connectivity index (χ4n) is 1.62. The van der Waals surface area contributed by atoms with Crippen LogP contribution in [0, 0.1) is 6.92 Å². The Labute approximate surface area is 81.2 Å². The molecule has 70 valence electrons. The fourth-order valence-corrected chi connectivity index (χ4v) is 1.62. The second kappa shape index (κ2) is 2.80. The van der Waals surface area contributed by atoms with Gasteiger partial charge in [0.05, 0.1) is 5.70 Å². The van der Waals surface area contributed by atoms with Gasteiger partial charge in [-0.1, -0.05) is 18.2 Å². The predicted molar refractivity (Wildman–Crippen MR) is 52.1 cm³/mol. The molecule has 1 aromatic carbocycles. The van der Waals surface area contributed by atoms with E-state index in [0.717, 1.165) is 5.56 Å². The third kappa shape index (κ3) is 1.06. The average Bonchev–Trinajstić information content (AvgIpc) is 2.14. The number of carbonyl (C=O) groups excluding carboxylic acids is 2. The number of fused-ring (bicyclic) bond motifs is 1. The van der Waals surface area contributed by atoms with Gasteiger partial charge < -0.3 is 5.73 Å². The van der Waals surface area contributed by atoms with Gasteiger partial charge >= 0.3 is 0 Å². The third-order valence-corrected chi connectivity index (χ3v) is 2.31. The largest absolute Gasteiger partial charge is 0.395 e. The Hall–Kier alpha value is -1.90. The molecule has 0 saturated heterocycles. The number of hydrogen-bond donors (Lipinski definition) is 1. The number of allylic oxidation sites excluding steroid dienone is 2. The van der Waals surface area contributed by atoms with Crippen LogP contribution in [0.2, 0.25) is 0 Å². The number of carbonyl (C=O) groups is 2. The van der Waals surface area contributed by atoms with Crippen molar-refractivity contribution in [1.82, 2.24) is 0 Å². The van der Waals surface area contributed by atoms with Gasteiger partial charge in [-0.2, -0.15) is 0 Å². The van der Waals surface area contributed by atoms with Crippen LogP contribution < -0.4 is 5.73 Å². The number of benzene rings is 1. The molecule has 3 nitrogen and oxygen atoms in total. The molecule has 0 radical (unpaired) electrons. The Morgan fingerprint density at radius 1 is 1.21 bits per heavy atom. The van der Waals surface area contributed by atoms with Gasteiger partial charge in [-0.05, 0) is 12.5 Å². The molecule has 0 aromatic heterocycles. The zero-order chi connectivity index (χ0) is 10.3. The molecule has 0 bridgehead atoms. The maximum atomic E-state index is 11.6. The summed E-state index contributed by atoms with van der Waals surface area (Å²) in [5.74, 6) is -0.446. The fraction of sp³-hybridized carbons (Fsp3) is 0.0909. The number of ketones is 2. The first-order valence-corrected chi connectivity index (χ1v) is 4.27. The molecule has 3 heteroatoms. The van der Waals surface area contributed by atoms with Crippen LogP contribution in [-0.2, 0) is 0 Å². The second-order valence-electron chi connectivity index (χ2n) is 3.29. The maximum absolute atomic E-state index is 11.6. The summed E-state index contributed by atoms with van der Waals surface area (Å²) in [7, 11) is 0. The van der Waals surface area contributed by atoms with E-state index >= 15 is 0 Å². The molecule has 14 heavy (non-hydrogen) atoms. The summed E-state index contributed by atoms with van der Waals surface area (Å²) in [6, 6.07) is 5.18. The Balaban J connectivity index is 2.75. The molecule has 0 fully saturated rings. The summed E-state index contributed by atoms with van der Waals surface area (Å²) >= 11 is 0. The van der Waals surface area contributed by atoms with E-state index in [1.807, 2.05) is 0 Å². The lowest BCUT2D eigenvalue weighted by molar-refractivity contribution is 0.0982. The van der Waals surface area contributed by atoms with E-state index < -0.39 is 0 Å². The average molecular weight is 187 g/mol. The van der Waals surface area contributed by atoms with Crippen LogP contribution in [0.1, 0.15) is 26.3 Å². The zero-order valence-electron chi connectivity index (χ0n) is 7.70. The summed E-state index contributed by atoms with van der Waals surface area (Å²) < 4.78 is 0. The van der Waals surface area contributed by atoms with Crippen LogP contribution >= 0.6 is 0 Å². The van der Waals surface area contributed by atoms with Crippen LogP contribution in [0.5, 0.6) is 0 Å². The standard InChI is InChI=1S/C11H9NO2/c1-6-3-2-4-7-10(6)9(13)5-8(12)11(7)14/h2-5H,12H2,1H3. The van der Waals surface area contributed by atoms with Crippen LogP contribution in [-0.4, -0.2) is 11.6 Å². The second-order valence-corrected chi connectivity index (χ2v) is 3.29. The molecule has 2 rings (SSSR count). The van der Waals surface area contributed by atoms with Crippen molar-refractivity contribution in [3.63, 3.8) is 0 Å². The molecule has 1 aliphatic rings. The molecule has 0 atom stereocenters. The van der Waals surface area contributed by atoms with Crippen molar-refractivity contribution < 1.29 is 9.59 Å². The Kier molecular flexibility index (Phi) is 1.74. The van der Waals surface area contributed by atoms with E-state index in [1.165, 1.54) is 6.08 Å². The van der Waals surface area contributed by atoms with E-state index in [9.17, 15) is 9.59 Å². The topological polar surface area (TPSA) is 60.2 Å². The minimum Gasteiger partial charge on any atom is -0.395 e. The van der Waals surface area contributed by atoms with Gasteiger partial charge in [-0.25, -0.2) is 0 Å². The van der Waals surface area contributed by atoms with Gasteiger partial charge in [0.15, 0.2) is 5.78 Å². The molecule has 1 aliphatic carbocycles. The lowest BCUT2D eigenvalue weighted by Gasteiger charge is -2.13. The van der Waals surface area contributed by atoms with E-state index in [4.69, 9.17) is 5.73 Å². The van der Waals surface area contributed by atoms with Gasteiger partial charge in [0.2, 0.25) is 5.78 Å². The van der Waals surface area contributed by atoms with Crippen molar-refractivity contribution in [3.05, 3.63) is 46.7 Å². The first kappa shape index (κ1) is 8.69. The molecule has 0 spiro atoms. The first-order chi connectivity index (χ1) is 6.61. The molecule has 0 amide bonds. The number of Topliss-reactive ketones (excluding diaryl/α,β-unsaturated/α-hetero) is 1. The van der Waals surface area contributed by atoms with Crippen molar-refractivity contribution in [2.24, 2.45) is 5.73 Å². The van der Waals surface area contributed by atoms with Crippen LogP contribution in [0.4, 0.5) is 0 Å². The highest BCUT2D eigenvalue weighted by Gasteiger charge is 2.24. The van der Waals surface area contributed by atoms with Gasteiger partial charge in [-0.3, -0.25) is 9.59 Å². The number of hydrogen-bond acceptors (Lipinski definition) is 3. The third-order valence-electron chi connectivity index (χ3n) is 2.31. The first-order valence-electron chi connectivity index (χ1n) is 4.27.